The van der Waals surface area contributed by atoms with Crippen LogP contribution in [0.3, 0.4) is 0 Å². The van der Waals surface area contributed by atoms with E-state index in [1.165, 1.54) is 24.3 Å². The Morgan fingerprint density at radius 3 is 2.26 bits per heavy atom. The van der Waals surface area contributed by atoms with Gasteiger partial charge in [-0.25, -0.2) is 13.2 Å². The second-order valence-electron chi connectivity index (χ2n) is 9.76. The highest BCUT2D eigenvalue weighted by molar-refractivity contribution is 7.92. The molecule has 3 aromatic carbocycles. The number of ether oxygens (including phenoxy) is 1. The summed E-state index contributed by atoms with van der Waals surface area (Å²) in [5, 5.41) is 20.5. The van der Waals surface area contributed by atoms with Crippen molar-refractivity contribution < 1.29 is 23.1 Å². The third-order valence-electron chi connectivity index (χ3n) is 6.97. The minimum Gasteiger partial charge on any atom is -0.507 e. The summed E-state index contributed by atoms with van der Waals surface area (Å²) in [5.74, 6) is -1.13. The van der Waals surface area contributed by atoms with Crippen LogP contribution in [0.5, 0.6) is 0 Å². The Balaban J connectivity index is 1.75. The Morgan fingerprint density at radius 2 is 1.64 bits per heavy atom. The highest BCUT2D eigenvalue weighted by atomic mass is 32.2. The maximum Gasteiger partial charge on any atom is 0.339 e. The number of carbonyl (C=O) groups excluding carboxylic acids is 1. The van der Waals surface area contributed by atoms with Gasteiger partial charge in [0.05, 0.1) is 22.1 Å². The van der Waals surface area contributed by atoms with E-state index in [4.69, 9.17) is 10.00 Å². The van der Waals surface area contributed by atoms with Crippen molar-refractivity contribution in [1.29, 1.82) is 5.26 Å². The molecular formula is C31H32N2O5S. The van der Waals surface area contributed by atoms with Crippen LogP contribution in [0.2, 0.25) is 0 Å². The molecule has 0 saturated heterocycles. The molecule has 0 fully saturated rings. The van der Waals surface area contributed by atoms with E-state index < -0.39 is 27.5 Å². The Labute approximate surface area is 229 Å². The maximum absolute atomic E-state index is 13.3. The number of esters is 1. The van der Waals surface area contributed by atoms with E-state index >= 15 is 0 Å². The van der Waals surface area contributed by atoms with Gasteiger partial charge in [-0.1, -0.05) is 69.2 Å². The Bertz CT molecular complexity index is 1500. The predicted molar refractivity (Wildman–Crippen MR) is 150 cm³/mol. The third kappa shape index (κ3) is 5.99. The highest BCUT2D eigenvalue weighted by Gasteiger charge is 2.49. The summed E-state index contributed by atoms with van der Waals surface area (Å²) in [4.78, 5) is 13.4. The van der Waals surface area contributed by atoms with E-state index in [1.807, 2.05) is 56.3 Å². The number of aliphatic hydroxyl groups excluding tert-OH is 1. The third-order valence-corrected chi connectivity index (χ3v) is 8.37. The van der Waals surface area contributed by atoms with Crippen molar-refractivity contribution in [2.75, 3.05) is 4.72 Å². The summed E-state index contributed by atoms with van der Waals surface area (Å²) in [7, 11) is -3.93. The molecule has 1 atom stereocenters. The SMILES string of the molecule is CCCC1(CCC)OC(=O)C(C(Cc2ccccc2)c2cccc(NS(=O)(=O)c3ccc(C#N)cc3)c2)=C1O. The average molecular weight is 545 g/mol. The Hall–Kier alpha value is -4.09. The Kier molecular flexibility index (Phi) is 8.41. The molecule has 1 heterocycles. The molecule has 8 heteroatoms. The smallest absolute Gasteiger partial charge is 0.339 e. The van der Waals surface area contributed by atoms with Crippen LogP contribution >= 0.6 is 0 Å². The molecule has 7 nitrogen and oxygen atoms in total. The fourth-order valence-corrected chi connectivity index (χ4v) is 6.23. The molecule has 202 valence electrons. The molecule has 0 aliphatic carbocycles. The molecule has 1 unspecified atom stereocenters. The number of carbonyl (C=O) groups is 1. The van der Waals surface area contributed by atoms with Crippen molar-refractivity contribution >= 4 is 21.7 Å². The topological polar surface area (TPSA) is 116 Å². The average Bonchev–Trinajstić information content (AvgIpc) is 3.16. The lowest BCUT2D eigenvalue weighted by Gasteiger charge is -2.27. The molecule has 39 heavy (non-hydrogen) atoms. The molecule has 0 saturated carbocycles. The van der Waals surface area contributed by atoms with Gasteiger partial charge in [0, 0.05) is 11.6 Å². The lowest BCUT2D eigenvalue weighted by Crippen LogP contribution is -2.31. The first-order valence-corrected chi connectivity index (χ1v) is 14.5. The number of nitrogens with one attached hydrogen (secondary N) is 1. The van der Waals surface area contributed by atoms with Crippen molar-refractivity contribution in [3.8, 4) is 6.07 Å². The van der Waals surface area contributed by atoms with Crippen LogP contribution in [0.4, 0.5) is 5.69 Å². The molecule has 0 bridgehead atoms. The van der Waals surface area contributed by atoms with Gasteiger partial charge in [0.25, 0.3) is 10.0 Å². The van der Waals surface area contributed by atoms with Crippen molar-refractivity contribution in [2.45, 2.75) is 62.4 Å². The monoisotopic (exact) mass is 544 g/mol. The molecule has 0 radical (unpaired) electrons. The molecule has 0 aromatic heterocycles. The summed E-state index contributed by atoms with van der Waals surface area (Å²) in [6.45, 7) is 3.98. The first kappa shape index (κ1) is 27.9. The van der Waals surface area contributed by atoms with E-state index in [0.717, 1.165) is 18.4 Å². The van der Waals surface area contributed by atoms with Crippen LogP contribution in [0.25, 0.3) is 0 Å². The minimum atomic E-state index is -3.93. The molecule has 2 N–H and O–H groups in total. The normalized spacial score (nSPS) is 15.5. The molecule has 3 aromatic rings. The van der Waals surface area contributed by atoms with Gasteiger partial charge in [0.15, 0.2) is 5.60 Å². The first-order chi connectivity index (χ1) is 18.7. The Morgan fingerprint density at radius 1 is 0.974 bits per heavy atom. The van der Waals surface area contributed by atoms with Gasteiger partial charge in [-0.3, -0.25) is 4.72 Å². The van der Waals surface area contributed by atoms with Crippen LogP contribution in [-0.2, 0) is 26.0 Å². The van der Waals surface area contributed by atoms with Gasteiger partial charge < -0.3 is 9.84 Å². The standard InChI is InChI=1S/C31H32N2O5S/c1-3-17-31(18-4-2)29(34)28(30(35)38-31)27(19-22-9-6-5-7-10-22)24-11-8-12-25(20-24)33-39(36,37)26-15-13-23(21-32)14-16-26/h5-16,20,27,33-34H,3-4,17-19H2,1-2H3. The number of rotatable bonds is 11. The zero-order valence-electron chi connectivity index (χ0n) is 22.1. The fraction of sp³-hybridized carbons (Fsp3) is 0.290. The van der Waals surface area contributed by atoms with Gasteiger partial charge in [-0.2, -0.15) is 5.26 Å². The van der Waals surface area contributed by atoms with E-state index in [2.05, 4.69) is 4.72 Å². The lowest BCUT2D eigenvalue weighted by atomic mass is 9.82. The number of benzene rings is 3. The second-order valence-corrected chi connectivity index (χ2v) is 11.4. The number of cyclic esters (lactones) is 1. The number of nitriles is 1. The van der Waals surface area contributed by atoms with Crippen molar-refractivity contribution in [2.24, 2.45) is 0 Å². The number of anilines is 1. The largest absolute Gasteiger partial charge is 0.507 e. The number of hydrogen-bond donors (Lipinski definition) is 2. The van der Waals surface area contributed by atoms with E-state index in [0.29, 0.717) is 36.1 Å². The van der Waals surface area contributed by atoms with Crippen LogP contribution in [0.1, 0.15) is 62.1 Å². The number of sulfonamides is 1. The van der Waals surface area contributed by atoms with Crippen molar-refractivity contribution in [3.63, 3.8) is 0 Å². The molecule has 0 amide bonds. The highest BCUT2D eigenvalue weighted by Crippen LogP contribution is 2.45. The molecule has 0 spiro atoms. The van der Waals surface area contributed by atoms with Crippen molar-refractivity contribution in [1.82, 2.24) is 0 Å². The van der Waals surface area contributed by atoms with Crippen molar-refractivity contribution in [3.05, 3.63) is 107 Å². The van der Waals surface area contributed by atoms with E-state index in [9.17, 15) is 18.3 Å². The maximum atomic E-state index is 13.3. The molecular weight excluding hydrogens is 512 g/mol. The van der Waals surface area contributed by atoms with Crippen LogP contribution in [0, 0.1) is 11.3 Å². The van der Waals surface area contributed by atoms with Crippen LogP contribution < -0.4 is 4.72 Å². The second kappa shape index (κ2) is 11.7. The number of nitrogens with zero attached hydrogens (tertiary/aromatic N) is 1. The van der Waals surface area contributed by atoms with E-state index in [1.54, 1.807) is 18.2 Å². The number of hydrogen-bond acceptors (Lipinski definition) is 6. The van der Waals surface area contributed by atoms with Gasteiger partial charge in [0.2, 0.25) is 0 Å². The van der Waals surface area contributed by atoms with Gasteiger partial charge in [-0.15, -0.1) is 0 Å². The summed E-state index contributed by atoms with van der Waals surface area (Å²) in [6.07, 6.45) is 2.92. The summed E-state index contributed by atoms with van der Waals surface area (Å²) < 4.78 is 34.6. The zero-order chi connectivity index (χ0) is 28.0. The zero-order valence-corrected chi connectivity index (χ0v) is 22.9. The van der Waals surface area contributed by atoms with E-state index in [-0.39, 0.29) is 16.2 Å². The molecule has 1 aliphatic rings. The van der Waals surface area contributed by atoms with Crippen LogP contribution in [-0.4, -0.2) is 25.1 Å². The molecule has 1 aliphatic heterocycles. The molecule has 4 rings (SSSR count). The predicted octanol–water partition coefficient (Wildman–Crippen LogP) is 6.39. The van der Waals surface area contributed by atoms with Gasteiger partial charge in [0.1, 0.15) is 5.76 Å². The summed E-state index contributed by atoms with van der Waals surface area (Å²) in [5.41, 5.74) is 1.48. The summed E-state index contributed by atoms with van der Waals surface area (Å²) in [6, 6.07) is 24.1. The fourth-order valence-electron chi connectivity index (χ4n) is 5.18. The number of aliphatic hydroxyl groups is 1. The first-order valence-electron chi connectivity index (χ1n) is 13.1. The van der Waals surface area contributed by atoms with Gasteiger partial charge in [-0.05, 0) is 66.8 Å². The minimum absolute atomic E-state index is 0.0244. The quantitative estimate of drug-likeness (QED) is 0.270. The van der Waals surface area contributed by atoms with Crippen LogP contribution in [0.15, 0.2) is 95.1 Å². The summed E-state index contributed by atoms with van der Waals surface area (Å²) >= 11 is 0. The van der Waals surface area contributed by atoms with Gasteiger partial charge >= 0.3 is 5.97 Å². The lowest BCUT2D eigenvalue weighted by molar-refractivity contribution is -0.149.